The van der Waals surface area contributed by atoms with E-state index in [0.717, 1.165) is 36.4 Å². The SMILES string of the molecule is O=C(COc1ccc(C(F)(F)F)cc1)N1CCC(NS(=O)(=O)c2ccc(F)cc2)CC1. The van der Waals surface area contributed by atoms with Gasteiger partial charge in [0.2, 0.25) is 10.0 Å². The van der Waals surface area contributed by atoms with E-state index >= 15 is 0 Å². The van der Waals surface area contributed by atoms with Gasteiger partial charge in [0.25, 0.3) is 5.91 Å². The second-order valence-electron chi connectivity index (χ2n) is 7.04. The van der Waals surface area contributed by atoms with E-state index in [-0.39, 0.29) is 29.2 Å². The number of rotatable bonds is 6. The molecule has 0 unspecified atom stereocenters. The zero-order valence-corrected chi connectivity index (χ0v) is 17.0. The molecule has 1 N–H and O–H groups in total. The van der Waals surface area contributed by atoms with Crippen LogP contribution in [0.25, 0.3) is 0 Å². The lowest BCUT2D eigenvalue weighted by Gasteiger charge is -2.32. The van der Waals surface area contributed by atoms with Gasteiger partial charge in [0.15, 0.2) is 6.61 Å². The molecule has 0 atom stereocenters. The van der Waals surface area contributed by atoms with Crippen molar-refractivity contribution in [2.75, 3.05) is 19.7 Å². The van der Waals surface area contributed by atoms with Crippen molar-refractivity contribution >= 4 is 15.9 Å². The van der Waals surface area contributed by atoms with Gasteiger partial charge in [-0.15, -0.1) is 0 Å². The van der Waals surface area contributed by atoms with Gasteiger partial charge in [-0.05, 0) is 61.4 Å². The number of sulfonamides is 1. The molecule has 0 radical (unpaired) electrons. The molecular weight excluding hydrogens is 440 g/mol. The molecule has 1 saturated heterocycles. The molecule has 2 aromatic carbocycles. The van der Waals surface area contributed by atoms with E-state index in [1.54, 1.807) is 0 Å². The zero-order valence-electron chi connectivity index (χ0n) is 16.2. The van der Waals surface area contributed by atoms with Crippen LogP contribution in [0.15, 0.2) is 53.4 Å². The van der Waals surface area contributed by atoms with Gasteiger partial charge in [-0.3, -0.25) is 4.79 Å². The Labute approximate surface area is 176 Å². The monoisotopic (exact) mass is 460 g/mol. The first-order valence-corrected chi connectivity index (χ1v) is 10.9. The fourth-order valence-electron chi connectivity index (χ4n) is 3.12. The van der Waals surface area contributed by atoms with Crippen LogP contribution in [-0.4, -0.2) is 45.0 Å². The maximum Gasteiger partial charge on any atom is 0.416 e. The quantitative estimate of drug-likeness (QED) is 0.672. The second-order valence-corrected chi connectivity index (χ2v) is 8.76. The molecule has 0 aromatic heterocycles. The summed E-state index contributed by atoms with van der Waals surface area (Å²) < 4.78 is 83.2. The van der Waals surface area contributed by atoms with Crippen LogP contribution in [0.4, 0.5) is 17.6 Å². The average Bonchev–Trinajstić information content (AvgIpc) is 2.72. The third-order valence-corrected chi connectivity index (χ3v) is 6.37. The van der Waals surface area contributed by atoms with E-state index in [1.165, 1.54) is 17.0 Å². The van der Waals surface area contributed by atoms with Crippen molar-refractivity contribution in [2.24, 2.45) is 0 Å². The molecule has 0 aliphatic carbocycles. The zero-order chi connectivity index (χ0) is 22.6. The van der Waals surface area contributed by atoms with Gasteiger partial charge >= 0.3 is 6.18 Å². The van der Waals surface area contributed by atoms with E-state index in [1.807, 2.05) is 0 Å². The molecule has 1 aliphatic heterocycles. The van der Waals surface area contributed by atoms with Gasteiger partial charge in [-0.25, -0.2) is 17.5 Å². The highest BCUT2D eigenvalue weighted by Crippen LogP contribution is 2.30. The van der Waals surface area contributed by atoms with Crippen LogP contribution in [0.1, 0.15) is 18.4 Å². The third kappa shape index (κ3) is 6.17. The molecule has 0 spiro atoms. The number of hydrogen-bond acceptors (Lipinski definition) is 4. The Morgan fingerprint density at radius 2 is 1.61 bits per heavy atom. The van der Waals surface area contributed by atoms with Crippen molar-refractivity contribution in [2.45, 2.75) is 30.0 Å². The number of nitrogens with one attached hydrogen (secondary N) is 1. The first-order valence-electron chi connectivity index (χ1n) is 9.40. The number of hydrogen-bond donors (Lipinski definition) is 1. The second kappa shape index (κ2) is 9.23. The molecule has 2 aromatic rings. The number of nitrogens with zero attached hydrogens (tertiary/aromatic N) is 1. The fraction of sp³-hybridized carbons (Fsp3) is 0.350. The summed E-state index contributed by atoms with van der Waals surface area (Å²) in [7, 11) is -3.80. The molecular formula is C20H20F4N2O4S. The highest BCUT2D eigenvalue weighted by atomic mass is 32.2. The summed E-state index contributed by atoms with van der Waals surface area (Å²) in [6, 6.07) is 8.13. The van der Waals surface area contributed by atoms with E-state index < -0.39 is 27.6 Å². The van der Waals surface area contributed by atoms with Gasteiger partial charge in [0, 0.05) is 19.1 Å². The van der Waals surface area contributed by atoms with E-state index in [0.29, 0.717) is 25.9 Å². The first-order chi connectivity index (χ1) is 14.5. The number of amides is 1. The molecule has 1 amide bonds. The number of halogens is 4. The predicted molar refractivity (Wildman–Crippen MR) is 103 cm³/mol. The van der Waals surface area contributed by atoms with Crippen molar-refractivity contribution in [1.29, 1.82) is 0 Å². The Balaban J connectivity index is 1.47. The van der Waals surface area contributed by atoms with E-state index in [9.17, 15) is 30.8 Å². The van der Waals surface area contributed by atoms with Crippen molar-refractivity contribution < 1.29 is 35.5 Å². The topological polar surface area (TPSA) is 75.7 Å². The summed E-state index contributed by atoms with van der Waals surface area (Å²) >= 11 is 0. The minimum absolute atomic E-state index is 0.0441. The van der Waals surface area contributed by atoms with Gasteiger partial charge in [0.1, 0.15) is 11.6 Å². The standard InChI is InChI=1S/C20H20F4N2O4S/c21-15-3-7-18(8-4-15)31(28,29)25-16-9-11-26(12-10-16)19(27)13-30-17-5-1-14(2-6-17)20(22,23)24/h1-8,16,25H,9-13H2. The number of benzene rings is 2. The molecule has 0 saturated carbocycles. The third-order valence-electron chi connectivity index (χ3n) is 4.84. The van der Waals surface area contributed by atoms with Crippen LogP contribution in [-0.2, 0) is 21.0 Å². The van der Waals surface area contributed by atoms with Gasteiger partial charge in [-0.2, -0.15) is 13.2 Å². The Hall–Kier alpha value is -2.66. The smallest absolute Gasteiger partial charge is 0.416 e. The normalized spacial score (nSPS) is 15.7. The Kier molecular flexibility index (Phi) is 6.85. The van der Waals surface area contributed by atoms with E-state index in [2.05, 4.69) is 4.72 Å². The highest BCUT2D eigenvalue weighted by Gasteiger charge is 2.30. The predicted octanol–water partition coefficient (Wildman–Crippen LogP) is 3.19. The Morgan fingerprint density at radius 3 is 2.16 bits per heavy atom. The number of piperidine rings is 1. The van der Waals surface area contributed by atoms with Crippen LogP contribution < -0.4 is 9.46 Å². The number of carbonyl (C=O) groups is 1. The van der Waals surface area contributed by atoms with Crippen LogP contribution in [0, 0.1) is 5.82 Å². The summed E-state index contributed by atoms with van der Waals surface area (Å²) in [4.78, 5) is 13.8. The molecule has 0 bridgehead atoms. The number of carbonyl (C=O) groups excluding carboxylic acids is 1. The summed E-state index contributed by atoms with van der Waals surface area (Å²) in [6.07, 6.45) is -3.68. The number of ether oxygens (including phenoxy) is 1. The molecule has 31 heavy (non-hydrogen) atoms. The van der Waals surface area contributed by atoms with Crippen LogP contribution in [0.3, 0.4) is 0 Å². The van der Waals surface area contributed by atoms with Crippen LogP contribution in [0.2, 0.25) is 0 Å². The van der Waals surface area contributed by atoms with Crippen LogP contribution in [0.5, 0.6) is 5.75 Å². The molecule has 1 heterocycles. The average molecular weight is 460 g/mol. The van der Waals surface area contributed by atoms with Crippen molar-refractivity contribution in [3.05, 3.63) is 59.9 Å². The fourth-order valence-corrected chi connectivity index (χ4v) is 4.43. The molecule has 3 rings (SSSR count). The van der Waals surface area contributed by atoms with E-state index in [4.69, 9.17) is 4.74 Å². The number of likely N-dealkylation sites (tertiary alicyclic amines) is 1. The Bertz CT molecular complexity index is 1000. The minimum Gasteiger partial charge on any atom is -0.484 e. The van der Waals surface area contributed by atoms with Crippen molar-refractivity contribution in [1.82, 2.24) is 9.62 Å². The van der Waals surface area contributed by atoms with Gasteiger partial charge in [-0.1, -0.05) is 0 Å². The number of alkyl halides is 3. The van der Waals surface area contributed by atoms with Gasteiger partial charge < -0.3 is 9.64 Å². The maximum atomic E-state index is 13.0. The van der Waals surface area contributed by atoms with Crippen molar-refractivity contribution in [3.63, 3.8) is 0 Å². The molecule has 6 nitrogen and oxygen atoms in total. The summed E-state index contributed by atoms with van der Waals surface area (Å²) in [5, 5.41) is 0. The lowest BCUT2D eigenvalue weighted by Crippen LogP contribution is -2.47. The lowest BCUT2D eigenvalue weighted by atomic mass is 10.1. The Morgan fingerprint density at radius 1 is 1.03 bits per heavy atom. The lowest BCUT2D eigenvalue weighted by molar-refractivity contribution is -0.138. The molecule has 1 fully saturated rings. The largest absolute Gasteiger partial charge is 0.484 e. The minimum atomic E-state index is -4.45. The van der Waals surface area contributed by atoms with Crippen molar-refractivity contribution in [3.8, 4) is 5.75 Å². The van der Waals surface area contributed by atoms with Crippen LogP contribution >= 0.6 is 0 Å². The molecule has 11 heteroatoms. The van der Waals surface area contributed by atoms with Gasteiger partial charge in [0.05, 0.1) is 10.5 Å². The molecule has 1 aliphatic rings. The highest BCUT2D eigenvalue weighted by molar-refractivity contribution is 7.89. The summed E-state index contributed by atoms with van der Waals surface area (Å²) in [5.41, 5.74) is -0.809. The first kappa shape index (κ1) is 23.0. The molecule has 168 valence electrons. The summed E-state index contributed by atoms with van der Waals surface area (Å²) in [5.74, 6) is -0.743. The maximum absolute atomic E-state index is 13.0. The summed E-state index contributed by atoms with van der Waals surface area (Å²) in [6.45, 7) is 0.259.